The summed E-state index contributed by atoms with van der Waals surface area (Å²) in [5.41, 5.74) is 1.15. The minimum absolute atomic E-state index is 0.105. The predicted octanol–water partition coefficient (Wildman–Crippen LogP) is 3.27. The molecule has 0 radical (unpaired) electrons. The lowest BCUT2D eigenvalue weighted by molar-refractivity contribution is 0.0577. The molecule has 0 aliphatic heterocycles. The average molecular weight is 228 g/mol. The number of terminal acetylenes is 1. The van der Waals surface area contributed by atoms with Crippen LogP contribution in [0, 0.1) is 12.3 Å². The van der Waals surface area contributed by atoms with Crippen molar-refractivity contribution < 1.29 is 5.11 Å². The molecule has 1 atom stereocenters. The van der Waals surface area contributed by atoms with Crippen molar-refractivity contribution >= 4 is 0 Å². The summed E-state index contributed by atoms with van der Waals surface area (Å²) in [4.78, 5) is 0. The van der Waals surface area contributed by atoms with Crippen LogP contribution in [0.3, 0.4) is 0 Å². The van der Waals surface area contributed by atoms with Crippen molar-refractivity contribution in [3.63, 3.8) is 0 Å². The van der Waals surface area contributed by atoms with Gasteiger partial charge in [-0.2, -0.15) is 0 Å². The maximum atomic E-state index is 10.4. The van der Waals surface area contributed by atoms with Crippen molar-refractivity contribution in [3.8, 4) is 12.3 Å². The van der Waals surface area contributed by atoms with Gasteiger partial charge in [-0.05, 0) is 18.4 Å². The summed E-state index contributed by atoms with van der Waals surface area (Å²) in [5.74, 6) is 2.61. The zero-order valence-electron chi connectivity index (χ0n) is 10.2. The molecule has 2 rings (SSSR count). The van der Waals surface area contributed by atoms with Crippen LogP contribution in [0.4, 0.5) is 0 Å². The zero-order valence-corrected chi connectivity index (χ0v) is 10.2. The summed E-state index contributed by atoms with van der Waals surface area (Å²) < 4.78 is 0. The van der Waals surface area contributed by atoms with Gasteiger partial charge in [-0.1, -0.05) is 49.6 Å². The highest BCUT2D eigenvalue weighted by molar-refractivity contribution is 5.28. The Morgan fingerprint density at radius 1 is 1.18 bits per heavy atom. The first-order valence-corrected chi connectivity index (χ1v) is 6.47. The Bertz CT molecular complexity index is 382. The SMILES string of the molecule is C#CCC(O)C1(c2ccccc2)CCCCC1. The molecule has 1 aliphatic rings. The second-order valence-electron chi connectivity index (χ2n) is 5.01. The lowest BCUT2D eigenvalue weighted by Crippen LogP contribution is -2.41. The second-order valence-corrected chi connectivity index (χ2v) is 5.01. The van der Waals surface area contributed by atoms with Gasteiger partial charge in [0.2, 0.25) is 0 Å². The van der Waals surface area contributed by atoms with E-state index >= 15 is 0 Å². The van der Waals surface area contributed by atoms with Gasteiger partial charge in [-0.3, -0.25) is 0 Å². The molecule has 0 heterocycles. The van der Waals surface area contributed by atoms with Gasteiger partial charge in [0.1, 0.15) is 0 Å². The van der Waals surface area contributed by atoms with Crippen LogP contribution in [0.5, 0.6) is 0 Å². The van der Waals surface area contributed by atoms with Gasteiger partial charge in [0.15, 0.2) is 0 Å². The predicted molar refractivity (Wildman–Crippen MR) is 70.7 cm³/mol. The lowest BCUT2D eigenvalue weighted by atomic mass is 9.65. The Kier molecular flexibility index (Phi) is 3.86. The van der Waals surface area contributed by atoms with Crippen LogP contribution in [0.25, 0.3) is 0 Å². The Hall–Kier alpha value is -1.26. The topological polar surface area (TPSA) is 20.2 Å². The van der Waals surface area contributed by atoms with Gasteiger partial charge in [0, 0.05) is 11.8 Å². The van der Waals surface area contributed by atoms with E-state index in [0.717, 1.165) is 12.8 Å². The van der Waals surface area contributed by atoms with Gasteiger partial charge in [-0.15, -0.1) is 12.3 Å². The molecule has 17 heavy (non-hydrogen) atoms. The fourth-order valence-electron chi connectivity index (χ4n) is 3.07. The van der Waals surface area contributed by atoms with Gasteiger partial charge in [-0.25, -0.2) is 0 Å². The standard InChI is InChI=1S/C16H20O/c1-2-9-15(17)16(12-7-4-8-13-16)14-10-5-3-6-11-14/h1,3,5-6,10-11,15,17H,4,7-9,12-13H2. The van der Waals surface area contributed by atoms with Crippen LogP contribution in [0.2, 0.25) is 0 Å². The van der Waals surface area contributed by atoms with E-state index in [9.17, 15) is 5.11 Å². The van der Waals surface area contributed by atoms with Gasteiger partial charge in [0.25, 0.3) is 0 Å². The Morgan fingerprint density at radius 3 is 2.41 bits per heavy atom. The number of hydrogen-bond acceptors (Lipinski definition) is 1. The molecule has 1 aromatic carbocycles. The van der Waals surface area contributed by atoms with E-state index in [0.29, 0.717) is 6.42 Å². The quantitative estimate of drug-likeness (QED) is 0.787. The first-order valence-electron chi connectivity index (χ1n) is 6.47. The molecule has 0 amide bonds. The molecule has 0 spiro atoms. The molecule has 0 saturated heterocycles. The largest absolute Gasteiger partial charge is 0.391 e. The number of rotatable bonds is 3. The highest BCUT2D eigenvalue weighted by Gasteiger charge is 2.39. The van der Waals surface area contributed by atoms with E-state index in [4.69, 9.17) is 6.42 Å². The monoisotopic (exact) mass is 228 g/mol. The zero-order chi connectivity index (χ0) is 12.1. The van der Waals surface area contributed by atoms with E-state index in [1.807, 2.05) is 18.2 Å². The summed E-state index contributed by atoms with van der Waals surface area (Å²) in [6.45, 7) is 0. The Labute approximate surface area is 104 Å². The van der Waals surface area contributed by atoms with Crippen molar-refractivity contribution in [1.29, 1.82) is 0 Å². The average Bonchev–Trinajstić information content (AvgIpc) is 2.41. The van der Waals surface area contributed by atoms with E-state index < -0.39 is 6.10 Å². The fraction of sp³-hybridized carbons (Fsp3) is 0.500. The van der Waals surface area contributed by atoms with Crippen molar-refractivity contribution in [2.24, 2.45) is 0 Å². The summed E-state index contributed by atoms with van der Waals surface area (Å²) in [5, 5.41) is 10.4. The third-order valence-electron chi connectivity index (χ3n) is 4.04. The van der Waals surface area contributed by atoms with Crippen LogP contribution >= 0.6 is 0 Å². The van der Waals surface area contributed by atoms with Crippen molar-refractivity contribution in [2.75, 3.05) is 0 Å². The molecule has 1 heteroatoms. The van der Waals surface area contributed by atoms with E-state index in [1.54, 1.807) is 0 Å². The molecule has 0 bridgehead atoms. The third-order valence-corrected chi connectivity index (χ3v) is 4.04. The Balaban J connectivity index is 2.33. The highest BCUT2D eigenvalue weighted by Crippen LogP contribution is 2.42. The second kappa shape index (κ2) is 5.38. The van der Waals surface area contributed by atoms with E-state index in [2.05, 4.69) is 18.1 Å². The first kappa shape index (κ1) is 12.2. The molecule has 1 aromatic rings. The lowest BCUT2D eigenvalue weighted by Gasteiger charge is -2.41. The smallest absolute Gasteiger partial charge is 0.0745 e. The molecular formula is C16H20O. The number of aliphatic hydroxyl groups is 1. The number of benzene rings is 1. The molecule has 1 fully saturated rings. The van der Waals surface area contributed by atoms with Crippen LogP contribution < -0.4 is 0 Å². The molecule has 1 unspecified atom stereocenters. The maximum absolute atomic E-state index is 10.4. The number of aliphatic hydroxyl groups excluding tert-OH is 1. The third kappa shape index (κ3) is 2.37. The fourth-order valence-corrected chi connectivity index (χ4v) is 3.07. The van der Waals surface area contributed by atoms with Gasteiger partial charge >= 0.3 is 0 Å². The van der Waals surface area contributed by atoms with E-state index in [1.165, 1.54) is 24.8 Å². The van der Waals surface area contributed by atoms with Crippen LogP contribution in [-0.2, 0) is 5.41 Å². The number of hydrogen-bond donors (Lipinski definition) is 1. The maximum Gasteiger partial charge on any atom is 0.0745 e. The van der Waals surface area contributed by atoms with E-state index in [-0.39, 0.29) is 5.41 Å². The molecule has 1 N–H and O–H groups in total. The van der Waals surface area contributed by atoms with Crippen molar-refractivity contribution in [2.45, 2.75) is 50.0 Å². The normalized spacial score (nSPS) is 20.5. The molecule has 0 aromatic heterocycles. The molecule has 1 aliphatic carbocycles. The summed E-state index contributed by atoms with van der Waals surface area (Å²) >= 11 is 0. The Morgan fingerprint density at radius 2 is 1.82 bits per heavy atom. The van der Waals surface area contributed by atoms with Crippen molar-refractivity contribution in [1.82, 2.24) is 0 Å². The van der Waals surface area contributed by atoms with Crippen LogP contribution in [0.15, 0.2) is 30.3 Å². The van der Waals surface area contributed by atoms with Crippen LogP contribution in [-0.4, -0.2) is 11.2 Å². The minimum Gasteiger partial charge on any atom is -0.391 e. The molecule has 1 saturated carbocycles. The first-order chi connectivity index (χ1) is 8.29. The minimum atomic E-state index is -0.407. The highest BCUT2D eigenvalue weighted by atomic mass is 16.3. The molecular weight excluding hydrogens is 208 g/mol. The molecule has 90 valence electrons. The summed E-state index contributed by atoms with van der Waals surface area (Å²) in [6, 6.07) is 10.4. The summed E-state index contributed by atoms with van der Waals surface area (Å²) in [6.07, 6.45) is 11.2. The van der Waals surface area contributed by atoms with Gasteiger partial charge < -0.3 is 5.11 Å². The van der Waals surface area contributed by atoms with Crippen molar-refractivity contribution in [3.05, 3.63) is 35.9 Å². The van der Waals surface area contributed by atoms with Crippen LogP contribution in [0.1, 0.15) is 44.1 Å². The summed E-state index contributed by atoms with van der Waals surface area (Å²) in [7, 11) is 0. The van der Waals surface area contributed by atoms with Gasteiger partial charge in [0.05, 0.1) is 6.10 Å². The molecule has 1 nitrogen and oxygen atoms in total.